The monoisotopic (exact) mass is 455 g/mol. The van der Waals surface area contributed by atoms with Crippen LogP contribution in [0.3, 0.4) is 0 Å². The highest BCUT2D eigenvalue weighted by Gasteiger charge is 2.51. The topological polar surface area (TPSA) is 56.8 Å². The molecule has 5 rings (SSSR count). The number of hydrogen-bond acceptors (Lipinski definition) is 4. The molecule has 1 heterocycles. The molecule has 8 heteroatoms. The van der Waals surface area contributed by atoms with Gasteiger partial charge >= 0.3 is 6.36 Å². The smallest absolute Gasteiger partial charge is 0.454 e. The van der Waals surface area contributed by atoms with Gasteiger partial charge in [-0.1, -0.05) is 35.9 Å². The lowest BCUT2D eigenvalue weighted by molar-refractivity contribution is -0.274. The summed E-state index contributed by atoms with van der Waals surface area (Å²) in [4.78, 5) is 13.2. The minimum absolute atomic E-state index is 0.145. The molecule has 1 amide bonds. The van der Waals surface area contributed by atoms with E-state index in [9.17, 15) is 18.0 Å². The molecule has 170 valence electrons. The van der Waals surface area contributed by atoms with Crippen molar-refractivity contribution in [3.63, 3.8) is 0 Å². The molecule has 0 spiro atoms. The Labute approximate surface area is 188 Å². The number of alkyl halides is 3. The molecule has 5 nitrogen and oxygen atoms in total. The molecular weight excluding hydrogens is 435 g/mol. The number of rotatable bonds is 5. The number of carbonyl (C=O) groups excluding carboxylic acids is 1. The van der Waals surface area contributed by atoms with Crippen LogP contribution in [0.4, 0.5) is 18.9 Å². The average Bonchev–Trinajstić information content (AvgIpc) is 3.45. The number of fused-ring (bicyclic) bond motifs is 1. The van der Waals surface area contributed by atoms with Crippen molar-refractivity contribution in [3.8, 4) is 28.4 Å². The Morgan fingerprint density at radius 3 is 2.52 bits per heavy atom. The molecule has 0 saturated heterocycles. The first-order chi connectivity index (χ1) is 15.7. The third-order valence-electron chi connectivity index (χ3n) is 5.90. The van der Waals surface area contributed by atoms with E-state index in [-0.39, 0.29) is 24.0 Å². The average molecular weight is 455 g/mol. The molecule has 3 aromatic rings. The number of amides is 1. The SMILES string of the molecule is Cc1cccc(-c2cc(NC(=O)C3(c4ccc5c(c4)OCO5)CC3)ccc2OC(F)(F)F)c1. The Morgan fingerprint density at radius 1 is 1.00 bits per heavy atom. The van der Waals surface area contributed by atoms with Crippen LogP contribution in [-0.4, -0.2) is 19.1 Å². The quantitative estimate of drug-likeness (QED) is 0.516. The van der Waals surface area contributed by atoms with Gasteiger partial charge in [0.25, 0.3) is 0 Å². The van der Waals surface area contributed by atoms with E-state index in [0.29, 0.717) is 35.6 Å². The van der Waals surface area contributed by atoms with Gasteiger partial charge in [0.1, 0.15) is 5.75 Å². The summed E-state index contributed by atoms with van der Waals surface area (Å²) in [6, 6.07) is 16.6. The van der Waals surface area contributed by atoms with Crippen LogP contribution in [0.15, 0.2) is 60.7 Å². The highest BCUT2D eigenvalue weighted by atomic mass is 19.4. The predicted molar refractivity (Wildman–Crippen MR) is 115 cm³/mol. The number of anilines is 1. The van der Waals surface area contributed by atoms with Crippen LogP contribution in [0, 0.1) is 6.92 Å². The molecule has 2 aliphatic rings. The molecule has 1 saturated carbocycles. The highest BCUT2D eigenvalue weighted by Crippen LogP contribution is 2.51. The summed E-state index contributed by atoms with van der Waals surface area (Å²) in [6.45, 7) is 1.99. The fraction of sp³-hybridized carbons (Fsp3) is 0.240. The first kappa shape index (κ1) is 21.2. The van der Waals surface area contributed by atoms with Crippen LogP contribution in [0.1, 0.15) is 24.0 Å². The zero-order valence-electron chi connectivity index (χ0n) is 17.7. The van der Waals surface area contributed by atoms with Gasteiger partial charge in [0, 0.05) is 11.3 Å². The van der Waals surface area contributed by atoms with Crippen molar-refractivity contribution in [2.24, 2.45) is 0 Å². The molecule has 0 aromatic heterocycles. The Hall–Kier alpha value is -3.68. The van der Waals surface area contributed by atoms with Crippen molar-refractivity contribution in [3.05, 3.63) is 71.8 Å². The van der Waals surface area contributed by atoms with Crippen molar-refractivity contribution in [2.75, 3.05) is 12.1 Å². The van der Waals surface area contributed by atoms with Gasteiger partial charge in [-0.2, -0.15) is 0 Å². The maximum atomic E-state index is 13.2. The molecule has 0 radical (unpaired) electrons. The van der Waals surface area contributed by atoms with Crippen molar-refractivity contribution < 1.29 is 32.2 Å². The number of nitrogens with one attached hydrogen (secondary N) is 1. The van der Waals surface area contributed by atoms with Gasteiger partial charge in [-0.05, 0) is 61.2 Å². The first-order valence-corrected chi connectivity index (χ1v) is 10.4. The third-order valence-corrected chi connectivity index (χ3v) is 5.90. The second kappa shape index (κ2) is 7.72. The van der Waals surface area contributed by atoms with Crippen LogP contribution < -0.4 is 19.5 Å². The van der Waals surface area contributed by atoms with E-state index in [4.69, 9.17) is 9.47 Å². The van der Waals surface area contributed by atoms with Gasteiger partial charge < -0.3 is 19.5 Å². The van der Waals surface area contributed by atoms with Crippen LogP contribution in [0.2, 0.25) is 0 Å². The summed E-state index contributed by atoms with van der Waals surface area (Å²) in [7, 11) is 0. The number of halogens is 3. The van der Waals surface area contributed by atoms with Gasteiger partial charge in [0.15, 0.2) is 11.5 Å². The summed E-state index contributed by atoms with van der Waals surface area (Å²) in [5.74, 6) is 0.684. The summed E-state index contributed by atoms with van der Waals surface area (Å²) in [5, 5.41) is 2.88. The lowest BCUT2D eigenvalue weighted by Crippen LogP contribution is -2.27. The molecule has 3 aromatic carbocycles. The molecule has 1 fully saturated rings. The Kier molecular flexibility index (Phi) is 4.96. The standard InChI is InChI=1S/C25H20F3NO4/c1-15-3-2-4-16(11-15)19-13-18(6-8-20(19)33-25(26,27)28)29-23(30)24(9-10-24)17-5-7-21-22(12-17)32-14-31-21/h2-8,11-13H,9-10,14H2,1H3,(H,29,30). The Bertz CT molecular complexity index is 1230. The van der Waals surface area contributed by atoms with Gasteiger partial charge in [-0.15, -0.1) is 13.2 Å². The van der Waals surface area contributed by atoms with Crippen LogP contribution in [0.25, 0.3) is 11.1 Å². The summed E-state index contributed by atoms with van der Waals surface area (Å²) < 4.78 is 53.9. The van der Waals surface area contributed by atoms with E-state index < -0.39 is 11.8 Å². The Morgan fingerprint density at radius 2 is 1.79 bits per heavy atom. The summed E-state index contributed by atoms with van der Waals surface area (Å²) >= 11 is 0. The molecule has 0 bridgehead atoms. The van der Waals surface area contributed by atoms with Crippen molar-refractivity contribution in [1.82, 2.24) is 0 Å². The van der Waals surface area contributed by atoms with Crippen molar-refractivity contribution in [1.29, 1.82) is 0 Å². The van der Waals surface area contributed by atoms with Gasteiger partial charge in [0.05, 0.1) is 5.41 Å². The number of hydrogen-bond donors (Lipinski definition) is 1. The predicted octanol–water partition coefficient (Wildman–Crippen LogP) is 5.96. The summed E-state index contributed by atoms with van der Waals surface area (Å²) in [5.41, 5.74) is 2.19. The normalized spacial score (nSPS) is 15.8. The van der Waals surface area contributed by atoms with Gasteiger partial charge in [-0.3, -0.25) is 4.79 Å². The lowest BCUT2D eigenvalue weighted by Gasteiger charge is -2.18. The van der Waals surface area contributed by atoms with E-state index >= 15 is 0 Å². The molecule has 1 aliphatic carbocycles. The largest absolute Gasteiger partial charge is 0.573 e. The summed E-state index contributed by atoms with van der Waals surface area (Å²) in [6.07, 6.45) is -3.50. The van der Waals surface area contributed by atoms with E-state index in [2.05, 4.69) is 10.1 Å². The third kappa shape index (κ3) is 4.20. The van der Waals surface area contributed by atoms with Crippen molar-refractivity contribution in [2.45, 2.75) is 31.5 Å². The molecule has 33 heavy (non-hydrogen) atoms. The van der Waals surface area contributed by atoms with Crippen molar-refractivity contribution >= 4 is 11.6 Å². The highest BCUT2D eigenvalue weighted by molar-refractivity contribution is 6.02. The Balaban J connectivity index is 1.45. The van der Waals surface area contributed by atoms with Gasteiger partial charge in [-0.25, -0.2) is 0 Å². The maximum absolute atomic E-state index is 13.2. The second-order valence-electron chi connectivity index (χ2n) is 8.23. The zero-order chi connectivity index (χ0) is 23.2. The molecule has 1 N–H and O–H groups in total. The number of aryl methyl sites for hydroxylation is 1. The maximum Gasteiger partial charge on any atom is 0.573 e. The molecule has 0 atom stereocenters. The lowest BCUT2D eigenvalue weighted by atomic mass is 9.94. The first-order valence-electron chi connectivity index (χ1n) is 10.4. The van der Waals surface area contributed by atoms with E-state index in [1.807, 2.05) is 25.1 Å². The van der Waals surface area contributed by atoms with Gasteiger partial charge in [0.2, 0.25) is 12.7 Å². The second-order valence-corrected chi connectivity index (χ2v) is 8.23. The minimum Gasteiger partial charge on any atom is -0.454 e. The van der Waals surface area contributed by atoms with Crippen LogP contribution in [-0.2, 0) is 10.2 Å². The number of benzene rings is 3. The van der Waals surface area contributed by atoms with E-state index in [0.717, 1.165) is 11.1 Å². The fourth-order valence-corrected chi connectivity index (χ4v) is 4.08. The number of ether oxygens (including phenoxy) is 3. The van der Waals surface area contributed by atoms with Crippen LogP contribution >= 0.6 is 0 Å². The molecule has 1 aliphatic heterocycles. The van der Waals surface area contributed by atoms with E-state index in [1.54, 1.807) is 24.3 Å². The number of carbonyl (C=O) groups is 1. The zero-order valence-corrected chi connectivity index (χ0v) is 17.7. The van der Waals surface area contributed by atoms with E-state index in [1.165, 1.54) is 18.2 Å². The molecule has 0 unspecified atom stereocenters. The minimum atomic E-state index is -4.83. The fourth-order valence-electron chi connectivity index (χ4n) is 4.08. The van der Waals surface area contributed by atoms with Crippen LogP contribution in [0.5, 0.6) is 17.2 Å². The molecular formula is C25H20F3NO4.